The molecule has 20 heavy (non-hydrogen) atoms. The highest BCUT2D eigenvalue weighted by atomic mass is 35.5. The Labute approximate surface area is 121 Å². The van der Waals surface area contributed by atoms with Gasteiger partial charge in [-0.3, -0.25) is 4.79 Å². The second kappa shape index (κ2) is 6.00. The van der Waals surface area contributed by atoms with Gasteiger partial charge < -0.3 is 20.7 Å². The molecule has 1 amide bonds. The molecule has 1 heterocycles. The molecule has 0 saturated carbocycles. The first kappa shape index (κ1) is 14.5. The van der Waals surface area contributed by atoms with Crippen molar-refractivity contribution in [2.75, 3.05) is 37.4 Å². The fraction of sp³-hybridized carbons (Fsp3) is 0.385. The molecule has 1 aromatic rings. The summed E-state index contributed by atoms with van der Waals surface area (Å²) in [6, 6.07) is 3.12. The van der Waals surface area contributed by atoms with Gasteiger partial charge >= 0.3 is 5.97 Å². The molecule has 108 valence electrons. The lowest BCUT2D eigenvalue weighted by molar-refractivity contribution is -0.120. The van der Waals surface area contributed by atoms with Gasteiger partial charge in [0.1, 0.15) is 0 Å². The Morgan fingerprint density at radius 1 is 1.45 bits per heavy atom. The first-order valence-corrected chi connectivity index (χ1v) is 6.59. The number of carbonyl (C=O) groups is 2. The summed E-state index contributed by atoms with van der Waals surface area (Å²) in [6.45, 7) is 1.55. The summed E-state index contributed by atoms with van der Waals surface area (Å²) >= 11 is 6.22. The third-order valence-electron chi connectivity index (χ3n) is 3.12. The summed E-state index contributed by atoms with van der Waals surface area (Å²) in [7, 11) is 1.30. The van der Waals surface area contributed by atoms with Gasteiger partial charge in [0.15, 0.2) is 0 Å². The van der Waals surface area contributed by atoms with Gasteiger partial charge in [-0.1, -0.05) is 11.6 Å². The minimum absolute atomic E-state index is 0.0151. The minimum atomic E-state index is -0.502. The van der Waals surface area contributed by atoms with Gasteiger partial charge in [-0.05, 0) is 12.1 Å². The van der Waals surface area contributed by atoms with Crippen molar-refractivity contribution in [3.63, 3.8) is 0 Å². The zero-order valence-corrected chi connectivity index (χ0v) is 11.9. The molecule has 3 N–H and O–H groups in total. The molecule has 1 saturated heterocycles. The molecular formula is C13H16ClN3O3. The monoisotopic (exact) mass is 297 g/mol. The van der Waals surface area contributed by atoms with E-state index in [9.17, 15) is 9.59 Å². The van der Waals surface area contributed by atoms with E-state index in [2.05, 4.69) is 5.32 Å². The van der Waals surface area contributed by atoms with Crippen LogP contribution in [0.15, 0.2) is 12.1 Å². The average molecular weight is 298 g/mol. The molecule has 0 aromatic heterocycles. The number of esters is 1. The molecule has 2 rings (SSSR count). The topological polar surface area (TPSA) is 84.7 Å². The van der Waals surface area contributed by atoms with Crippen molar-refractivity contribution < 1.29 is 14.3 Å². The Kier molecular flexibility index (Phi) is 4.34. The van der Waals surface area contributed by atoms with Crippen LogP contribution in [0.3, 0.4) is 0 Å². The number of ether oxygens (including phenoxy) is 1. The Bertz CT molecular complexity index is 548. The molecule has 0 unspecified atom stereocenters. The van der Waals surface area contributed by atoms with E-state index in [0.29, 0.717) is 48.0 Å². The highest BCUT2D eigenvalue weighted by molar-refractivity contribution is 6.34. The lowest BCUT2D eigenvalue weighted by Gasteiger charge is -2.25. The maximum atomic E-state index is 11.9. The first-order valence-electron chi connectivity index (χ1n) is 6.22. The highest BCUT2D eigenvalue weighted by Gasteiger charge is 2.23. The number of benzene rings is 1. The molecular weight excluding hydrogens is 282 g/mol. The number of halogens is 1. The Morgan fingerprint density at radius 3 is 2.90 bits per heavy atom. The summed E-state index contributed by atoms with van der Waals surface area (Å²) in [6.07, 6.45) is 0.349. The van der Waals surface area contributed by atoms with Crippen LogP contribution >= 0.6 is 11.6 Å². The van der Waals surface area contributed by atoms with Crippen LogP contribution in [0.1, 0.15) is 16.8 Å². The molecule has 1 aromatic carbocycles. The van der Waals surface area contributed by atoms with Crippen LogP contribution in [-0.4, -0.2) is 38.6 Å². The Morgan fingerprint density at radius 2 is 2.20 bits per heavy atom. The molecule has 6 nitrogen and oxygen atoms in total. The van der Waals surface area contributed by atoms with Crippen molar-refractivity contribution in [1.29, 1.82) is 0 Å². The van der Waals surface area contributed by atoms with Crippen LogP contribution in [0.2, 0.25) is 5.02 Å². The zero-order valence-electron chi connectivity index (χ0n) is 11.1. The summed E-state index contributed by atoms with van der Waals surface area (Å²) in [5.74, 6) is -0.517. The van der Waals surface area contributed by atoms with Crippen molar-refractivity contribution >= 4 is 34.9 Å². The maximum Gasteiger partial charge on any atom is 0.340 e. The van der Waals surface area contributed by atoms with E-state index in [0.717, 1.165) is 0 Å². The summed E-state index contributed by atoms with van der Waals surface area (Å²) in [5.41, 5.74) is 6.99. The fourth-order valence-electron chi connectivity index (χ4n) is 2.20. The second-order valence-electron chi connectivity index (χ2n) is 4.48. The predicted octanol–water partition coefficient (Wildman–Crippen LogP) is 1.04. The van der Waals surface area contributed by atoms with E-state index in [-0.39, 0.29) is 5.91 Å². The van der Waals surface area contributed by atoms with E-state index in [1.807, 2.05) is 4.90 Å². The van der Waals surface area contributed by atoms with Crippen molar-refractivity contribution in [3.05, 3.63) is 22.7 Å². The molecule has 1 aliphatic heterocycles. The number of nitrogens with zero attached hydrogens (tertiary/aromatic N) is 1. The molecule has 0 radical (unpaired) electrons. The minimum Gasteiger partial charge on any atom is -0.465 e. The van der Waals surface area contributed by atoms with Crippen molar-refractivity contribution in [2.45, 2.75) is 6.42 Å². The zero-order chi connectivity index (χ0) is 14.7. The van der Waals surface area contributed by atoms with Gasteiger partial charge in [0.2, 0.25) is 5.91 Å². The number of carbonyl (C=O) groups excluding carboxylic acids is 2. The molecule has 1 fully saturated rings. The highest BCUT2D eigenvalue weighted by Crippen LogP contribution is 2.33. The number of rotatable bonds is 2. The van der Waals surface area contributed by atoms with E-state index in [1.54, 1.807) is 6.07 Å². The van der Waals surface area contributed by atoms with Gasteiger partial charge in [-0.15, -0.1) is 0 Å². The number of nitrogens with two attached hydrogens (primary N) is 1. The first-order chi connectivity index (χ1) is 9.52. The van der Waals surface area contributed by atoms with Crippen molar-refractivity contribution in [1.82, 2.24) is 5.32 Å². The van der Waals surface area contributed by atoms with Crippen molar-refractivity contribution in [2.24, 2.45) is 0 Å². The number of amides is 1. The standard InChI is InChI=1S/C13H16ClN3O3/c1-20-13(19)9-6-8(15)7-10(14)12(9)17-4-2-11(18)16-3-5-17/h6-7H,2-5,15H2,1H3,(H,16,18). The lowest BCUT2D eigenvalue weighted by atomic mass is 10.1. The fourth-order valence-corrected chi connectivity index (χ4v) is 2.54. The molecule has 0 aliphatic carbocycles. The third kappa shape index (κ3) is 2.96. The van der Waals surface area contributed by atoms with Gasteiger partial charge in [0.25, 0.3) is 0 Å². The van der Waals surface area contributed by atoms with Crippen LogP contribution in [0.5, 0.6) is 0 Å². The largest absolute Gasteiger partial charge is 0.465 e. The molecule has 0 atom stereocenters. The van der Waals surface area contributed by atoms with E-state index < -0.39 is 5.97 Å². The normalized spacial score (nSPS) is 15.5. The van der Waals surface area contributed by atoms with Crippen LogP contribution in [0.4, 0.5) is 11.4 Å². The SMILES string of the molecule is COC(=O)c1cc(N)cc(Cl)c1N1CCNC(=O)CC1. The van der Waals surface area contributed by atoms with Gasteiger partial charge in [-0.2, -0.15) is 0 Å². The number of nitrogen functional groups attached to an aromatic ring is 1. The van der Waals surface area contributed by atoms with Gasteiger partial charge in [0, 0.05) is 31.7 Å². The average Bonchev–Trinajstić information content (AvgIpc) is 2.62. The van der Waals surface area contributed by atoms with Crippen molar-refractivity contribution in [3.8, 4) is 0 Å². The molecule has 0 bridgehead atoms. The van der Waals surface area contributed by atoms with Crippen LogP contribution in [0.25, 0.3) is 0 Å². The number of methoxy groups -OCH3 is 1. The Balaban J connectivity index is 2.43. The smallest absolute Gasteiger partial charge is 0.340 e. The molecule has 0 spiro atoms. The molecule has 1 aliphatic rings. The van der Waals surface area contributed by atoms with Gasteiger partial charge in [-0.25, -0.2) is 4.79 Å². The molecule has 7 heteroatoms. The second-order valence-corrected chi connectivity index (χ2v) is 4.88. The van der Waals surface area contributed by atoms with E-state index in [1.165, 1.54) is 13.2 Å². The number of hydrogen-bond acceptors (Lipinski definition) is 5. The Hall–Kier alpha value is -1.95. The van der Waals surface area contributed by atoms with E-state index >= 15 is 0 Å². The number of nitrogens with one attached hydrogen (secondary N) is 1. The van der Waals surface area contributed by atoms with Crippen LogP contribution in [-0.2, 0) is 9.53 Å². The predicted molar refractivity (Wildman–Crippen MR) is 77.0 cm³/mol. The lowest BCUT2D eigenvalue weighted by Crippen LogP contribution is -2.30. The summed E-state index contributed by atoms with van der Waals surface area (Å²) < 4.78 is 4.77. The number of hydrogen-bond donors (Lipinski definition) is 2. The van der Waals surface area contributed by atoms with Crippen LogP contribution < -0.4 is 16.0 Å². The van der Waals surface area contributed by atoms with Crippen LogP contribution in [0, 0.1) is 0 Å². The maximum absolute atomic E-state index is 11.9. The summed E-state index contributed by atoms with van der Waals surface area (Å²) in [5, 5.41) is 3.15. The van der Waals surface area contributed by atoms with Gasteiger partial charge in [0.05, 0.1) is 23.4 Å². The van der Waals surface area contributed by atoms with E-state index in [4.69, 9.17) is 22.1 Å². The summed E-state index contributed by atoms with van der Waals surface area (Å²) in [4.78, 5) is 25.2. The third-order valence-corrected chi connectivity index (χ3v) is 3.41. The quantitative estimate of drug-likeness (QED) is 0.629. The number of anilines is 2.